The number of carbonyl (C=O) groups is 3. The summed E-state index contributed by atoms with van der Waals surface area (Å²) in [6.45, 7) is 5.36. The van der Waals surface area contributed by atoms with E-state index in [1.807, 2.05) is 0 Å². The second-order valence-electron chi connectivity index (χ2n) is 6.09. The normalized spacial score (nSPS) is 18.6. The van der Waals surface area contributed by atoms with Gasteiger partial charge in [-0.2, -0.15) is 0 Å². The first-order valence-electron chi connectivity index (χ1n) is 7.08. The molecular weight excluding hydrogens is 286 g/mol. The Morgan fingerprint density at radius 3 is 2.64 bits per heavy atom. The van der Waals surface area contributed by atoms with Crippen molar-refractivity contribution >= 4 is 17.8 Å². The quantitative estimate of drug-likeness (QED) is 0.680. The van der Waals surface area contributed by atoms with E-state index in [0.29, 0.717) is 17.7 Å². The van der Waals surface area contributed by atoms with E-state index in [9.17, 15) is 14.4 Å². The number of imide groups is 1. The van der Waals surface area contributed by atoms with Gasteiger partial charge in [0, 0.05) is 12.8 Å². The molecule has 118 valence electrons. The highest BCUT2D eigenvalue weighted by Gasteiger charge is 2.28. The van der Waals surface area contributed by atoms with Gasteiger partial charge in [-0.15, -0.1) is 0 Å². The molecule has 2 rings (SSSR count). The van der Waals surface area contributed by atoms with E-state index in [-0.39, 0.29) is 12.3 Å². The summed E-state index contributed by atoms with van der Waals surface area (Å²) in [5.41, 5.74) is -0.239. The van der Waals surface area contributed by atoms with Crippen molar-refractivity contribution in [2.45, 2.75) is 45.3 Å². The number of esters is 1. The zero-order valence-electron chi connectivity index (χ0n) is 12.8. The molecule has 1 fully saturated rings. The largest absolute Gasteiger partial charge is 0.481 e. The molecule has 0 aliphatic carbocycles. The first kappa shape index (κ1) is 16.0. The van der Waals surface area contributed by atoms with Crippen molar-refractivity contribution in [3.63, 3.8) is 0 Å². The molecule has 1 atom stereocenters. The summed E-state index contributed by atoms with van der Waals surface area (Å²) in [7, 11) is 0. The van der Waals surface area contributed by atoms with Gasteiger partial charge in [0.15, 0.2) is 6.10 Å². The Kier molecular flexibility index (Phi) is 4.49. The fourth-order valence-corrected chi connectivity index (χ4v) is 1.98. The van der Waals surface area contributed by atoms with Crippen molar-refractivity contribution in [3.8, 4) is 5.75 Å². The van der Waals surface area contributed by atoms with Crippen LogP contribution in [0.3, 0.4) is 0 Å². The van der Waals surface area contributed by atoms with Gasteiger partial charge in [0.2, 0.25) is 5.91 Å². The molecule has 1 saturated heterocycles. The molecule has 1 aliphatic heterocycles. The Morgan fingerprint density at radius 2 is 2.00 bits per heavy atom. The zero-order valence-corrected chi connectivity index (χ0v) is 12.8. The van der Waals surface area contributed by atoms with Crippen LogP contribution in [0.1, 0.15) is 44.0 Å². The van der Waals surface area contributed by atoms with E-state index in [0.717, 1.165) is 0 Å². The second-order valence-corrected chi connectivity index (χ2v) is 6.09. The molecule has 1 heterocycles. The topological polar surface area (TPSA) is 81.7 Å². The highest BCUT2D eigenvalue weighted by Crippen LogP contribution is 2.20. The zero-order chi connectivity index (χ0) is 16.3. The number of benzene rings is 1. The van der Waals surface area contributed by atoms with Crippen molar-refractivity contribution in [2.75, 3.05) is 0 Å². The Bertz CT molecular complexity index is 603. The minimum Gasteiger partial charge on any atom is -0.481 e. The molecule has 1 aliphatic rings. The summed E-state index contributed by atoms with van der Waals surface area (Å²) in [5, 5.41) is 2.22. The number of rotatable bonds is 3. The van der Waals surface area contributed by atoms with Crippen LogP contribution in [0, 0.1) is 0 Å². The van der Waals surface area contributed by atoms with Crippen LogP contribution in [0.4, 0.5) is 0 Å². The molecule has 0 radical (unpaired) electrons. The number of hydrogen-bond acceptors (Lipinski definition) is 5. The van der Waals surface area contributed by atoms with Crippen LogP contribution < -0.4 is 10.1 Å². The van der Waals surface area contributed by atoms with Gasteiger partial charge >= 0.3 is 5.97 Å². The van der Waals surface area contributed by atoms with Gasteiger partial charge < -0.3 is 9.47 Å². The van der Waals surface area contributed by atoms with Crippen molar-refractivity contribution in [1.29, 1.82) is 0 Å². The molecular formula is C16H19NO5. The summed E-state index contributed by atoms with van der Waals surface area (Å²) in [5.74, 6) is -0.828. The maximum atomic E-state index is 12.0. The van der Waals surface area contributed by atoms with Crippen LogP contribution in [0.5, 0.6) is 5.75 Å². The molecule has 6 heteroatoms. The summed E-state index contributed by atoms with van der Waals surface area (Å²) in [4.78, 5) is 34.8. The average molecular weight is 305 g/mol. The third kappa shape index (κ3) is 4.31. The van der Waals surface area contributed by atoms with Gasteiger partial charge in [-0.05, 0) is 39.0 Å². The van der Waals surface area contributed by atoms with Crippen LogP contribution in [0.15, 0.2) is 24.3 Å². The molecule has 2 amide bonds. The molecule has 1 N–H and O–H groups in total. The molecule has 1 aromatic rings. The van der Waals surface area contributed by atoms with Gasteiger partial charge in [-0.25, -0.2) is 4.79 Å². The lowest BCUT2D eigenvalue weighted by molar-refractivity contribution is -0.138. The third-order valence-corrected chi connectivity index (χ3v) is 2.94. The van der Waals surface area contributed by atoms with E-state index in [4.69, 9.17) is 9.47 Å². The number of nitrogens with one attached hydrogen (secondary N) is 1. The van der Waals surface area contributed by atoms with Crippen LogP contribution in [-0.2, 0) is 14.3 Å². The predicted octanol–water partition coefficient (Wildman–Crippen LogP) is 1.83. The lowest BCUT2D eigenvalue weighted by Gasteiger charge is -2.22. The van der Waals surface area contributed by atoms with Crippen molar-refractivity contribution in [1.82, 2.24) is 5.32 Å². The standard InChI is InChI=1S/C16H19NO5/c1-16(2,3)22-15(20)10-5-4-6-11(9-10)21-12-7-8-13(18)17-14(12)19/h4-6,9,12H,7-8H2,1-3H3,(H,17,18,19). The molecule has 6 nitrogen and oxygen atoms in total. The first-order chi connectivity index (χ1) is 10.2. The fraction of sp³-hybridized carbons (Fsp3) is 0.438. The van der Waals surface area contributed by atoms with Gasteiger partial charge in [0.25, 0.3) is 5.91 Å². The summed E-state index contributed by atoms with van der Waals surface area (Å²) in [6.07, 6.45) is -0.171. The molecule has 1 aromatic carbocycles. The van der Waals surface area contributed by atoms with Gasteiger partial charge in [0.1, 0.15) is 11.4 Å². The van der Waals surface area contributed by atoms with Crippen LogP contribution in [-0.4, -0.2) is 29.5 Å². The lowest BCUT2D eigenvalue weighted by atomic mass is 10.1. The second kappa shape index (κ2) is 6.17. The monoisotopic (exact) mass is 305 g/mol. The molecule has 0 saturated carbocycles. The maximum absolute atomic E-state index is 12.0. The number of piperidine rings is 1. The van der Waals surface area contributed by atoms with Crippen molar-refractivity contribution in [3.05, 3.63) is 29.8 Å². The van der Waals surface area contributed by atoms with E-state index >= 15 is 0 Å². The van der Waals surface area contributed by atoms with Gasteiger partial charge in [-0.1, -0.05) is 6.07 Å². The van der Waals surface area contributed by atoms with E-state index in [1.54, 1.807) is 39.0 Å². The smallest absolute Gasteiger partial charge is 0.338 e. The Morgan fingerprint density at radius 1 is 1.27 bits per heavy atom. The number of ether oxygens (including phenoxy) is 2. The summed E-state index contributed by atoms with van der Waals surface area (Å²) >= 11 is 0. The van der Waals surface area contributed by atoms with E-state index in [2.05, 4.69) is 5.32 Å². The van der Waals surface area contributed by atoms with E-state index < -0.39 is 23.6 Å². The maximum Gasteiger partial charge on any atom is 0.338 e. The molecule has 0 spiro atoms. The Hall–Kier alpha value is -2.37. The first-order valence-corrected chi connectivity index (χ1v) is 7.08. The van der Waals surface area contributed by atoms with E-state index in [1.165, 1.54) is 6.07 Å². The van der Waals surface area contributed by atoms with Crippen molar-refractivity contribution < 1.29 is 23.9 Å². The van der Waals surface area contributed by atoms with Crippen molar-refractivity contribution in [2.24, 2.45) is 0 Å². The fourth-order valence-electron chi connectivity index (χ4n) is 1.98. The average Bonchev–Trinajstić information content (AvgIpc) is 2.40. The predicted molar refractivity (Wildman–Crippen MR) is 78.4 cm³/mol. The van der Waals surface area contributed by atoms with Crippen LogP contribution in [0.25, 0.3) is 0 Å². The minimum absolute atomic E-state index is 0.238. The van der Waals surface area contributed by atoms with Gasteiger partial charge in [0.05, 0.1) is 5.56 Å². The minimum atomic E-state index is -0.730. The summed E-state index contributed by atoms with van der Waals surface area (Å²) < 4.78 is 10.9. The molecule has 0 bridgehead atoms. The SMILES string of the molecule is CC(C)(C)OC(=O)c1cccc(OC2CCC(=O)NC2=O)c1. The molecule has 0 aromatic heterocycles. The Balaban J connectivity index is 2.07. The molecule has 22 heavy (non-hydrogen) atoms. The number of hydrogen-bond donors (Lipinski definition) is 1. The highest BCUT2D eigenvalue weighted by molar-refractivity contribution is 6.00. The molecule has 1 unspecified atom stereocenters. The third-order valence-electron chi connectivity index (χ3n) is 2.94. The number of carbonyl (C=O) groups excluding carboxylic acids is 3. The van der Waals surface area contributed by atoms with Gasteiger partial charge in [-0.3, -0.25) is 14.9 Å². The van der Waals surface area contributed by atoms with Crippen LogP contribution in [0.2, 0.25) is 0 Å². The Labute approximate surface area is 128 Å². The van der Waals surface area contributed by atoms with Crippen LogP contribution >= 0.6 is 0 Å². The summed E-state index contributed by atoms with van der Waals surface area (Å²) in [6, 6.07) is 6.45. The lowest BCUT2D eigenvalue weighted by Crippen LogP contribution is -2.46. The number of amides is 2. The highest BCUT2D eigenvalue weighted by atomic mass is 16.6.